The molecule has 6 heterocycles. The molecule has 4 aromatic carbocycles. The van der Waals surface area contributed by atoms with Crippen molar-refractivity contribution in [3.05, 3.63) is 112 Å². The summed E-state index contributed by atoms with van der Waals surface area (Å²) in [5.41, 5.74) is 6.01. The quantitative estimate of drug-likeness (QED) is 0.0115. The zero-order chi connectivity index (χ0) is 70.9. The van der Waals surface area contributed by atoms with E-state index in [-0.39, 0.29) is 147 Å². The van der Waals surface area contributed by atoms with Gasteiger partial charge in [0.2, 0.25) is 17.7 Å². The number of urea groups is 1. The molecule has 0 spiro atoms. The molecule has 0 unspecified atom stereocenters. The number of nitrogens with one attached hydrogen (secondary N) is 5. The molecule has 10 N–H and O–H groups in total. The third-order valence-electron chi connectivity index (χ3n) is 18.9. The number of hydrogen-bond donors (Lipinski definition) is 9. The number of unbranched alkanes of at least 4 members (excludes halogenated alkanes) is 2. The van der Waals surface area contributed by atoms with Gasteiger partial charge in [0.1, 0.15) is 41.2 Å². The van der Waals surface area contributed by atoms with Crippen LogP contribution < -0.4 is 52.1 Å². The molecule has 10 rings (SSSR count). The highest BCUT2D eigenvalue weighted by Crippen LogP contribution is 2.49. The number of imide groups is 1. The number of benzene rings is 4. The van der Waals surface area contributed by atoms with E-state index in [0.29, 0.717) is 62.1 Å². The molecule has 524 valence electrons. The number of fused-ring (bicyclic) bond motifs is 14. The molecule has 8 amide bonds. The number of ether oxygens (including phenoxy) is 3. The van der Waals surface area contributed by atoms with Crippen LogP contribution in [0.1, 0.15) is 148 Å². The zero-order valence-corrected chi connectivity index (χ0v) is 57.1. The first kappa shape index (κ1) is 72.6. The Kier molecular flexibility index (Phi) is 23.5. The van der Waals surface area contributed by atoms with Crippen LogP contribution in [0, 0.1) is 36.5 Å². The van der Waals surface area contributed by atoms with E-state index in [0.717, 1.165) is 24.2 Å². The van der Waals surface area contributed by atoms with Gasteiger partial charge in [-0.2, -0.15) is 0 Å². The minimum absolute atomic E-state index is 0.0293. The molecule has 0 saturated carbocycles. The van der Waals surface area contributed by atoms with Crippen LogP contribution in [0.5, 0.6) is 17.2 Å². The fourth-order valence-corrected chi connectivity index (χ4v) is 13.0. The number of rotatable bonds is 20. The number of nitrogens with two attached hydrogens (primary N) is 1. The fraction of sp³-hybridized carbons (Fsp3) is 0.479. The van der Waals surface area contributed by atoms with Crippen LogP contribution in [-0.4, -0.2) is 129 Å². The highest BCUT2D eigenvalue weighted by molar-refractivity contribution is 6.26. The van der Waals surface area contributed by atoms with E-state index in [2.05, 4.69) is 31.5 Å². The van der Waals surface area contributed by atoms with E-state index in [9.17, 15) is 53.7 Å². The maximum atomic E-state index is 15.1. The lowest BCUT2D eigenvalue weighted by Gasteiger charge is -2.30. The number of carbonyl (C=O) groups is 8. The van der Waals surface area contributed by atoms with E-state index in [4.69, 9.17) is 29.3 Å². The van der Waals surface area contributed by atoms with E-state index < -0.39 is 76.7 Å². The maximum Gasteiger partial charge on any atom is 0.312 e. The number of ketones is 1. The van der Waals surface area contributed by atoms with Gasteiger partial charge in [0.25, 0.3) is 23.5 Å². The van der Waals surface area contributed by atoms with Crippen LogP contribution in [-0.2, 0) is 40.1 Å². The maximum absolute atomic E-state index is 15.1. The van der Waals surface area contributed by atoms with Gasteiger partial charge in [-0.3, -0.25) is 43.3 Å². The number of allylic oxidation sites excluding steroid dienone is 3. The van der Waals surface area contributed by atoms with Gasteiger partial charge in [0, 0.05) is 97.6 Å². The molecule has 5 bridgehead atoms. The van der Waals surface area contributed by atoms with Gasteiger partial charge in [-0.1, -0.05) is 78.3 Å². The second kappa shape index (κ2) is 31.7. The van der Waals surface area contributed by atoms with Gasteiger partial charge in [0.15, 0.2) is 28.1 Å². The van der Waals surface area contributed by atoms with E-state index in [1.807, 2.05) is 33.8 Å². The molecule has 0 radical (unpaired) electrons. The Morgan fingerprint density at radius 1 is 0.857 bits per heavy atom. The van der Waals surface area contributed by atoms with Gasteiger partial charge in [-0.15, -0.1) is 0 Å². The van der Waals surface area contributed by atoms with Gasteiger partial charge < -0.3 is 71.2 Å². The van der Waals surface area contributed by atoms with Gasteiger partial charge >= 0.3 is 11.8 Å². The standard InChI is InChI=1S/C73H91N9O16/c1-39(2)58(78-52(83)23-12-10-15-33-82-53(84)28-29-54(82)85)71(93)77-49(22-17-30-75-72(74)94)70(92)76-47-26-24-46(25-27-47)38-95-50-36-48(81-31-13-11-14-32-81)37-51-59(50)79-60-55-56-64(88)45(8)66-57(55)68(90)73(9,98-66)96-34-18-21-41(4)63(87)44(7)35-43(6)62(86)40(3)19-16-20-42(5)69(91)80-61(65(56)89)67(60)97-51/h16,18-20,24-29,34,36-37,39-41,43-44,49,58,62-63,86-87,89H,10-15,17,21-23,30-33,35,38H2,1-9H3,(H,76,92)(H,77,93)(H,78,83)(H,80,91)(H3,74,75,94)/b19-16+,34-18+,42-20-/t40-,41+,43-,44+,49-,58-,62-,63+,73-/m0/s1. The molecule has 0 aliphatic carbocycles. The van der Waals surface area contributed by atoms with Crippen molar-refractivity contribution in [1.29, 1.82) is 0 Å². The summed E-state index contributed by atoms with van der Waals surface area (Å²) < 4.78 is 26.0. The number of phenols is 1. The first-order valence-electron chi connectivity index (χ1n) is 33.8. The molecule has 5 aliphatic rings. The average Bonchev–Trinajstić information content (AvgIpc) is 1.36. The van der Waals surface area contributed by atoms with Crippen molar-refractivity contribution < 1.29 is 72.3 Å². The highest BCUT2D eigenvalue weighted by Gasteiger charge is 2.49. The van der Waals surface area contributed by atoms with Crippen LogP contribution in [0.25, 0.3) is 33.0 Å². The SMILES string of the molecule is C/C1=C/C=C/[C@H](C)[C@H](O)[C@@H](C)C[C@@H](C)[C@H](O)[C@H](C)C/C=C/O[C@@]2(C)Oc3c(C)c(=O)c4c(O)c(c5oc6cc(N7CCCCC7)cc(OCc7ccc(NC(=O)[C@H](CCCNC(N)=O)NC(=O)[C@@H](NC(=O)CCCCCN8C(=O)C=CC8=O)C(C)C)cc7)c6nc5c4c3C2=O)NC1=O. The Hall–Kier alpha value is -9.62. The number of aromatic nitrogens is 1. The molecule has 5 aliphatic heterocycles. The molecule has 9 atom stereocenters. The summed E-state index contributed by atoms with van der Waals surface area (Å²) in [5.74, 6) is -7.70. The second-order valence-corrected chi connectivity index (χ2v) is 26.9. The third kappa shape index (κ3) is 16.7. The highest BCUT2D eigenvalue weighted by atomic mass is 16.7. The predicted octanol–water partition coefficient (Wildman–Crippen LogP) is 8.90. The normalized spacial score (nSPS) is 23.4. The molecule has 5 aromatic rings. The lowest BCUT2D eigenvalue weighted by Crippen LogP contribution is -2.54. The first-order chi connectivity index (χ1) is 46.7. The third-order valence-corrected chi connectivity index (χ3v) is 18.9. The van der Waals surface area contributed by atoms with Crippen LogP contribution in [0.15, 0.2) is 93.9 Å². The Bertz CT molecular complexity index is 4060. The number of aromatic hydroxyl groups is 1. The van der Waals surface area contributed by atoms with Crippen LogP contribution in [0.3, 0.4) is 0 Å². The summed E-state index contributed by atoms with van der Waals surface area (Å²) >= 11 is 0. The summed E-state index contributed by atoms with van der Waals surface area (Å²) in [6, 6.07) is 7.44. The number of Topliss-reactive ketones (excluding diaryl/α,β-unsaturated/α-hetero) is 1. The number of piperidine rings is 1. The number of phenolic OH excluding ortho intramolecular Hbond substituents is 1. The summed E-state index contributed by atoms with van der Waals surface area (Å²) in [5, 5.41) is 48.6. The molecule has 25 nitrogen and oxygen atoms in total. The Balaban J connectivity index is 1.03. The molecular weight excluding hydrogens is 1260 g/mol. The zero-order valence-electron chi connectivity index (χ0n) is 57.1. The van der Waals surface area contributed by atoms with Crippen molar-refractivity contribution in [2.24, 2.45) is 35.3 Å². The first-order valence-corrected chi connectivity index (χ1v) is 33.8. The van der Waals surface area contributed by atoms with Crippen molar-refractivity contribution >= 4 is 97.3 Å². The van der Waals surface area contributed by atoms with E-state index >= 15 is 4.79 Å². The summed E-state index contributed by atoms with van der Waals surface area (Å²) in [6.45, 7) is 17.2. The number of nitrogens with zero attached hydrogens (tertiary/aromatic N) is 3. The van der Waals surface area contributed by atoms with Crippen molar-refractivity contribution in [2.45, 2.75) is 170 Å². The van der Waals surface area contributed by atoms with Gasteiger partial charge in [-0.25, -0.2) is 9.78 Å². The Morgan fingerprint density at radius 2 is 1.56 bits per heavy atom. The van der Waals surface area contributed by atoms with Gasteiger partial charge in [-0.05, 0) is 119 Å². The minimum atomic E-state index is -2.03. The number of aliphatic hydroxyl groups excluding tert-OH is 2. The monoisotopic (exact) mass is 1350 g/mol. The van der Waals surface area contributed by atoms with Crippen LogP contribution in [0.2, 0.25) is 0 Å². The van der Waals surface area contributed by atoms with E-state index in [1.165, 1.54) is 32.3 Å². The Labute approximate surface area is 568 Å². The molecule has 98 heavy (non-hydrogen) atoms. The number of aliphatic hydroxyl groups is 2. The smallest absolute Gasteiger partial charge is 0.312 e. The van der Waals surface area contributed by atoms with Crippen molar-refractivity contribution in [3.8, 4) is 17.2 Å². The topological polar surface area (TPSA) is 361 Å². The summed E-state index contributed by atoms with van der Waals surface area (Å²) in [7, 11) is 0. The van der Waals surface area contributed by atoms with Crippen LogP contribution >= 0.6 is 0 Å². The van der Waals surface area contributed by atoms with Gasteiger partial charge in [0.05, 0.1) is 29.4 Å². The molecular formula is C73H91N9O16. The van der Waals surface area contributed by atoms with Crippen molar-refractivity contribution in [2.75, 3.05) is 41.7 Å². The number of primary amides is 1. The number of anilines is 3. The van der Waals surface area contributed by atoms with Crippen molar-refractivity contribution in [1.82, 2.24) is 25.8 Å². The van der Waals surface area contributed by atoms with Crippen molar-refractivity contribution in [3.63, 3.8) is 0 Å². The number of amides is 8. The minimum Gasteiger partial charge on any atom is -0.505 e. The largest absolute Gasteiger partial charge is 0.505 e. The lowest BCUT2D eigenvalue weighted by molar-refractivity contribution is -0.137. The molecule has 1 fully saturated rings. The van der Waals surface area contributed by atoms with Crippen LogP contribution in [0.4, 0.5) is 21.9 Å². The lowest BCUT2D eigenvalue weighted by atomic mass is 9.81. The number of carbonyl (C=O) groups excluding carboxylic acids is 8. The molecule has 1 saturated heterocycles. The summed E-state index contributed by atoms with van der Waals surface area (Å²) in [4.78, 5) is 129. The summed E-state index contributed by atoms with van der Waals surface area (Å²) in [6.07, 6.45) is 14.5. The molecule has 25 heteroatoms. The Morgan fingerprint density at radius 3 is 2.26 bits per heavy atom. The molecule has 1 aromatic heterocycles. The fourth-order valence-electron chi connectivity index (χ4n) is 13.0. The predicted molar refractivity (Wildman–Crippen MR) is 370 cm³/mol. The number of hydrogen-bond acceptors (Lipinski definition) is 18. The average molecular weight is 1350 g/mol. The second-order valence-electron chi connectivity index (χ2n) is 26.9. The van der Waals surface area contributed by atoms with E-state index in [1.54, 1.807) is 75.4 Å².